The first kappa shape index (κ1) is 21.2. The Hall–Kier alpha value is -0.380. The van der Waals surface area contributed by atoms with Gasteiger partial charge in [-0.3, -0.25) is 4.90 Å². The topological polar surface area (TPSA) is 32.7 Å². The van der Waals surface area contributed by atoms with Crippen molar-refractivity contribution < 1.29 is 9.84 Å². The monoisotopic (exact) mass is 427 g/mol. The maximum Gasteiger partial charge on any atom is 0.124 e. The van der Waals surface area contributed by atoms with E-state index < -0.39 is 0 Å². The SMILES string of the molecule is CC1CCC2(OC3CC4C5CC=C6CC(O)CCC6(C)C5CCC4(C)C3C2C)N(C)C1. The fourth-order valence-corrected chi connectivity index (χ4v) is 10.4. The van der Waals surface area contributed by atoms with E-state index >= 15 is 0 Å². The van der Waals surface area contributed by atoms with Gasteiger partial charge in [-0.05, 0) is 105 Å². The molecule has 11 atom stereocenters. The van der Waals surface area contributed by atoms with Gasteiger partial charge in [-0.25, -0.2) is 0 Å². The number of hydrogen-bond donors (Lipinski definition) is 1. The lowest BCUT2D eigenvalue weighted by Gasteiger charge is -2.58. The highest BCUT2D eigenvalue weighted by Crippen LogP contribution is 2.70. The van der Waals surface area contributed by atoms with Gasteiger partial charge in [-0.2, -0.15) is 0 Å². The van der Waals surface area contributed by atoms with E-state index in [0.717, 1.165) is 42.4 Å². The van der Waals surface area contributed by atoms with Crippen molar-refractivity contribution in [1.82, 2.24) is 4.90 Å². The number of likely N-dealkylation sites (tertiary alicyclic amines) is 1. The van der Waals surface area contributed by atoms with Crippen LogP contribution in [0.3, 0.4) is 0 Å². The van der Waals surface area contributed by atoms with Crippen LogP contribution in [0, 0.1) is 46.3 Å². The van der Waals surface area contributed by atoms with Gasteiger partial charge in [-0.15, -0.1) is 0 Å². The average Bonchev–Trinajstić information content (AvgIpc) is 3.17. The highest BCUT2D eigenvalue weighted by atomic mass is 16.5. The van der Waals surface area contributed by atoms with Crippen LogP contribution < -0.4 is 0 Å². The molecule has 1 spiro atoms. The van der Waals surface area contributed by atoms with Gasteiger partial charge in [0, 0.05) is 12.5 Å². The lowest BCUT2D eigenvalue weighted by Crippen LogP contribution is -2.57. The summed E-state index contributed by atoms with van der Waals surface area (Å²) in [7, 11) is 2.33. The maximum atomic E-state index is 10.3. The number of rotatable bonds is 0. The molecule has 1 N–H and O–H groups in total. The zero-order valence-electron chi connectivity index (χ0n) is 20.6. The zero-order chi connectivity index (χ0) is 21.8. The largest absolute Gasteiger partial charge is 0.393 e. The van der Waals surface area contributed by atoms with Crippen molar-refractivity contribution in [3.63, 3.8) is 0 Å². The molecule has 0 aromatic rings. The van der Waals surface area contributed by atoms with Crippen LogP contribution >= 0.6 is 0 Å². The van der Waals surface area contributed by atoms with Crippen molar-refractivity contribution in [2.24, 2.45) is 46.3 Å². The first-order valence-electron chi connectivity index (χ1n) is 13.5. The van der Waals surface area contributed by atoms with Gasteiger partial charge in [-0.1, -0.05) is 39.3 Å². The van der Waals surface area contributed by atoms with Gasteiger partial charge in [0.05, 0.1) is 12.2 Å². The number of aliphatic hydroxyl groups excluding tert-OH is 1. The van der Waals surface area contributed by atoms with Gasteiger partial charge >= 0.3 is 0 Å². The first-order valence-corrected chi connectivity index (χ1v) is 13.5. The van der Waals surface area contributed by atoms with Crippen LogP contribution in [0.25, 0.3) is 0 Å². The second-order valence-electron chi connectivity index (χ2n) is 13.3. The van der Waals surface area contributed by atoms with Crippen molar-refractivity contribution in [3.05, 3.63) is 11.6 Å². The van der Waals surface area contributed by atoms with E-state index in [2.05, 4.69) is 45.7 Å². The lowest BCUT2D eigenvalue weighted by atomic mass is 9.47. The summed E-state index contributed by atoms with van der Waals surface area (Å²) in [6.07, 6.45) is 13.9. The quantitative estimate of drug-likeness (QED) is 0.509. The van der Waals surface area contributed by atoms with Crippen LogP contribution in [-0.4, -0.2) is 41.5 Å². The molecule has 0 radical (unpaired) electrons. The fourth-order valence-electron chi connectivity index (χ4n) is 10.4. The highest BCUT2D eigenvalue weighted by Gasteiger charge is 2.68. The number of aliphatic hydroxyl groups is 1. The van der Waals surface area contributed by atoms with Crippen LogP contribution in [-0.2, 0) is 4.74 Å². The summed E-state index contributed by atoms with van der Waals surface area (Å²) in [6, 6.07) is 0. The predicted molar refractivity (Wildman–Crippen MR) is 124 cm³/mol. The summed E-state index contributed by atoms with van der Waals surface area (Å²) in [5, 5.41) is 10.3. The highest BCUT2D eigenvalue weighted by molar-refractivity contribution is 5.26. The Morgan fingerprint density at radius 1 is 1.06 bits per heavy atom. The van der Waals surface area contributed by atoms with Crippen LogP contribution in [0.15, 0.2) is 11.6 Å². The number of hydrogen-bond acceptors (Lipinski definition) is 3. The Labute approximate surface area is 190 Å². The number of allylic oxidation sites excluding steroid dienone is 1. The van der Waals surface area contributed by atoms with Crippen molar-refractivity contribution >= 4 is 0 Å². The Kier molecular flexibility index (Phi) is 4.66. The van der Waals surface area contributed by atoms with E-state index in [-0.39, 0.29) is 11.8 Å². The van der Waals surface area contributed by atoms with Crippen molar-refractivity contribution in [2.75, 3.05) is 13.6 Å². The molecule has 6 aliphatic rings. The summed E-state index contributed by atoms with van der Waals surface area (Å²) in [4.78, 5) is 2.60. The Morgan fingerprint density at radius 2 is 1.87 bits per heavy atom. The molecule has 5 fully saturated rings. The van der Waals surface area contributed by atoms with Crippen LogP contribution in [0.5, 0.6) is 0 Å². The third kappa shape index (κ3) is 2.69. The Morgan fingerprint density at radius 3 is 2.65 bits per heavy atom. The number of piperidine rings is 1. The summed E-state index contributed by atoms with van der Waals surface area (Å²) in [5.74, 6) is 4.61. The molecule has 2 heterocycles. The van der Waals surface area contributed by atoms with Crippen molar-refractivity contribution in [2.45, 2.75) is 103 Å². The normalized spacial score (nSPS) is 59.0. The minimum absolute atomic E-state index is 0.00219. The fraction of sp³-hybridized carbons (Fsp3) is 0.929. The zero-order valence-corrected chi connectivity index (χ0v) is 20.6. The Balaban J connectivity index is 1.29. The summed E-state index contributed by atoms with van der Waals surface area (Å²) in [5.41, 5.74) is 2.37. The van der Waals surface area contributed by atoms with Gasteiger partial charge in [0.15, 0.2) is 0 Å². The summed E-state index contributed by atoms with van der Waals surface area (Å²) < 4.78 is 7.15. The summed E-state index contributed by atoms with van der Waals surface area (Å²) >= 11 is 0. The van der Waals surface area contributed by atoms with Gasteiger partial charge in [0.2, 0.25) is 0 Å². The number of ether oxygens (including phenoxy) is 1. The van der Waals surface area contributed by atoms with Crippen LogP contribution in [0.4, 0.5) is 0 Å². The van der Waals surface area contributed by atoms with Crippen LogP contribution in [0.1, 0.15) is 85.5 Å². The molecule has 11 unspecified atom stereocenters. The molecule has 6 rings (SSSR count). The molecular formula is C28H45NO2. The molecule has 3 heteroatoms. The maximum absolute atomic E-state index is 10.3. The standard InChI is InChI=1S/C28H45NO2/c1-17-8-13-28(29(5)16-17)18(2)25-24(31-28)15-23-21-7-6-19-14-20(30)9-11-26(19,3)22(21)10-12-27(23,25)4/h6,17-18,20-25,30H,7-16H2,1-5H3. The minimum atomic E-state index is -0.101. The average molecular weight is 428 g/mol. The van der Waals surface area contributed by atoms with E-state index in [1.807, 2.05) is 0 Å². The van der Waals surface area contributed by atoms with E-state index in [0.29, 0.717) is 22.9 Å². The molecule has 0 bridgehead atoms. The molecule has 3 nitrogen and oxygen atoms in total. The van der Waals surface area contributed by atoms with Gasteiger partial charge in [0.25, 0.3) is 0 Å². The van der Waals surface area contributed by atoms with Crippen molar-refractivity contribution in [3.8, 4) is 0 Å². The van der Waals surface area contributed by atoms with Gasteiger partial charge < -0.3 is 9.84 Å². The number of fused-ring (bicyclic) bond motifs is 7. The second-order valence-corrected chi connectivity index (χ2v) is 13.3. The predicted octanol–water partition coefficient (Wildman–Crippen LogP) is 5.63. The van der Waals surface area contributed by atoms with Gasteiger partial charge in [0.1, 0.15) is 5.72 Å². The lowest BCUT2D eigenvalue weighted by molar-refractivity contribution is -0.186. The molecule has 2 saturated heterocycles. The molecule has 3 saturated carbocycles. The van der Waals surface area contributed by atoms with E-state index in [4.69, 9.17) is 4.74 Å². The molecule has 0 aromatic heterocycles. The molecule has 2 aliphatic heterocycles. The molecule has 4 aliphatic carbocycles. The Bertz CT molecular complexity index is 779. The second kappa shape index (κ2) is 6.83. The summed E-state index contributed by atoms with van der Waals surface area (Å²) in [6.45, 7) is 11.3. The minimum Gasteiger partial charge on any atom is -0.393 e. The van der Waals surface area contributed by atoms with E-state index in [1.165, 1.54) is 51.5 Å². The van der Waals surface area contributed by atoms with Crippen LogP contribution in [0.2, 0.25) is 0 Å². The third-order valence-electron chi connectivity index (χ3n) is 12.0. The van der Waals surface area contributed by atoms with Crippen molar-refractivity contribution in [1.29, 1.82) is 0 Å². The smallest absolute Gasteiger partial charge is 0.124 e. The first-order chi connectivity index (χ1) is 14.7. The molecule has 31 heavy (non-hydrogen) atoms. The number of nitrogens with zero attached hydrogens (tertiary/aromatic N) is 1. The third-order valence-corrected chi connectivity index (χ3v) is 12.0. The van der Waals surface area contributed by atoms with E-state index in [9.17, 15) is 5.11 Å². The van der Waals surface area contributed by atoms with E-state index in [1.54, 1.807) is 5.57 Å². The molecule has 0 aromatic carbocycles. The molecule has 174 valence electrons. The molecular weight excluding hydrogens is 382 g/mol. The molecule has 0 amide bonds.